The maximum Gasteiger partial charge on any atom is 0.253 e. The van der Waals surface area contributed by atoms with Crippen molar-refractivity contribution in [2.45, 2.75) is 6.92 Å². The fourth-order valence-electron chi connectivity index (χ4n) is 1.07. The summed E-state index contributed by atoms with van der Waals surface area (Å²) in [6, 6.07) is 7.36. The summed E-state index contributed by atoms with van der Waals surface area (Å²) in [4.78, 5) is 10.8. The SMILES string of the molecule is CCOc1ccc(NCC(=O)NN)cc1. The van der Waals surface area contributed by atoms with E-state index >= 15 is 0 Å². The first kappa shape index (κ1) is 11.3. The molecule has 0 aliphatic rings. The molecule has 1 aromatic rings. The van der Waals surface area contributed by atoms with Crippen molar-refractivity contribution < 1.29 is 9.53 Å². The number of benzene rings is 1. The standard InChI is InChI=1S/C10H15N3O2/c1-2-15-9-5-3-8(4-6-9)12-7-10(14)13-11/h3-6,12H,2,7,11H2,1H3,(H,13,14). The van der Waals surface area contributed by atoms with Crippen LogP contribution < -0.4 is 21.3 Å². The molecule has 0 heterocycles. The van der Waals surface area contributed by atoms with Crippen LogP contribution in [0.4, 0.5) is 5.69 Å². The molecule has 5 nitrogen and oxygen atoms in total. The van der Waals surface area contributed by atoms with Crippen LogP contribution in [0.3, 0.4) is 0 Å². The lowest BCUT2D eigenvalue weighted by Crippen LogP contribution is -2.35. The Hall–Kier alpha value is -1.75. The van der Waals surface area contributed by atoms with Gasteiger partial charge in [-0.15, -0.1) is 0 Å². The number of hydrazine groups is 1. The van der Waals surface area contributed by atoms with Gasteiger partial charge in [0.05, 0.1) is 13.2 Å². The highest BCUT2D eigenvalue weighted by Gasteiger charge is 1.98. The molecule has 0 atom stereocenters. The Bertz CT molecular complexity index is 311. The number of nitrogens with one attached hydrogen (secondary N) is 2. The lowest BCUT2D eigenvalue weighted by atomic mass is 10.3. The summed E-state index contributed by atoms with van der Waals surface area (Å²) in [5.41, 5.74) is 2.89. The smallest absolute Gasteiger partial charge is 0.253 e. The molecule has 4 N–H and O–H groups in total. The lowest BCUT2D eigenvalue weighted by molar-refractivity contribution is -0.119. The van der Waals surface area contributed by atoms with E-state index in [1.54, 1.807) is 0 Å². The topological polar surface area (TPSA) is 76.4 Å². The Morgan fingerprint density at radius 3 is 2.60 bits per heavy atom. The predicted octanol–water partition coefficient (Wildman–Crippen LogP) is 0.487. The van der Waals surface area contributed by atoms with Crippen LogP contribution in [-0.2, 0) is 4.79 Å². The number of hydrogen-bond acceptors (Lipinski definition) is 4. The first-order valence-electron chi connectivity index (χ1n) is 4.72. The van der Waals surface area contributed by atoms with Gasteiger partial charge in [0, 0.05) is 5.69 Å². The Kier molecular flexibility index (Phi) is 4.43. The van der Waals surface area contributed by atoms with Crippen molar-refractivity contribution in [1.82, 2.24) is 5.43 Å². The number of ether oxygens (including phenoxy) is 1. The molecule has 0 spiro atoms. The Labute approximate surface area is 88.6 Å². The Morgan fingerprint density at radius 2 is 2.07 bits per heavy atom. The molecule has 0 bridgehead atoms. The molecule has 1 amide bonds. The second-order valence-electron chi connectivity index (χ2n) is 2.88. The fourth-order valence-corrected chi connectivity index (χ4v) is 1.07. The largest absolute Gasteiger partial charge is 0.494 e. The third kappa shape index (κ3) is 3.86. The van der Waals surface area contributed by atoms with Crippen LogP contribution in [0.15, 0.2) is 24.3 Å². The monoisotopic (exact) mass is 209 g/mol. The van der Waals surface area contributed by atoms with E-state index in [-0.39, 0.29) is 12.5 Å². The fraction of sp³-hybridized carbons (Fsp3) is 0.300. The van der Waals surface area contributed by atoms with Crippen LogP contribution in [0.5, 0.6) is 5.75 Å². The molecule has 5 heteroatoms. The van der Waals surface area contributed by atoms with E-state index in [2.05, 4.69) is 5.32 Å². The summed E-state index contributed by atoms with van der Waals surface area (Å²) in [7, 11) is 0. The highest BCUT2D eigenvalue weighted by atomic mass is 16.5. The molecule has 0 unspecified atom stereocenters. The zero-order chi connectivity index (χ0) is 11.1. The van der Waals surface area contributed by atoms with Gasteiger partial charge in [-0.1, -0.05) is 0 Å². The summed E-state index contributed by atoms with van der Waals surface area (Å²) in [6.45, 7) is 2.73. The number of anilines is 1. The Balaban J connectivity index is 2.45. The molecule has 15 heavy (non-hydrogen) atoms. The second-order valence-corrected chi connectivity index (χ2v) is 2.88. The third-order valence-corrected chi connectivity index (χ3v) is 1.78. The minimum atomic E-state index is -0.260. The van der Waals surface area contributed by atoms with Gasteiger partial charge >= 0.3 is 0 Å². The Morgan fingerprint density at radius 1 is 1.40 bits per heavy atom. The predicted molar refractivity (Wildman–Crippen MR) is 58.4 cm³/mol. The molecule has 82 valence electrons. The quantitative estimate of drug-likeness (QED) is 0.374. The van der Waals surface area contributed by atoms with Gasteiger partial charge in [-0.3, -0.25) is 10.2 Å². The van der Waals surface area contributed by atoms with Crippen molar-refractivity contribution in [2.75, 3.05) is 18.5 Å². The van der Waals surface area contributed by atoms with E-state index in [4.69, 9.17) is 10.6 Å². The van der Waals surface area contributed by atoms with Crippen LogP contribution in [0.25, 0.3) is 0 Å². The first-order chi connectivity index (χ1) is 7.26. The zero-order valence-electron chi connectivity index (χ0n) is 8.62. The van der Waals surface area contributed by atoms with Gasteiger partial charge in [-0.05, 0) is 31.2 Å². The molecule has 0 aromatic heterocycles. The molecule has 0 radical (unpaired) electrons. The molecule has 0 saturated heterocycles. The normalized spacial score (nSPS) is 9.47. The van der Waals surface area contributed by atoms with Crippen molar-refractivity contribution in [1.29, 1.82) is 0 Å². The van der Waals surface area contributed by atoms with E-state index in [1.165, 1.54) is 0 Å². The van der Waals surface area contributed by atoms with Crippen LogP contribution >= 0.6 is 0 Å². The van der Waals surface area contributed by atoms with E-state index in [9.17, 15) is 4.79 Å². The summed E-state index contributed by atoms with van der Waals surface area (Å²) in [5, 5.41) is 2.92. The summed E-state index contributed by atoms with van der Waals surface area (Å²) < 4.78 is 5.28. The molecule has 1 aromatic carbocycles. The number of rotatable bonds is 5. The second kappa shape index (κ2) is 5.87. The maximum absolute atomic E-state index is 10.8. The highest BCUT2D eigenvalue weighted by Crippen LogP contribution is 2.15. The van der Waals surface area contributed by atoms with Gasteiger partial charge in [0.15, 0.2) is 0 Å². The van der Waals surface area contributed by atoms with Gasteiger partial charge in [-0.2, -0.15) is 0 Å². The number of hydrogen-bond donors (Lipinski definition) is 3. The van der Waals surface area contributed by atoms with Gasteiger partial charge in [-0.25, -0.2) is 5.84 Å². The molecule has 1 rings (SSSR count). The average molecular weight is 209 g/mol. The third-order valence-electron chi connectivity index (χ3n) is 1.78. The van der Waals surface area contributed by atoms with E-state index < -0.39 is 0 Å². The van der Waals surface area contributed by atoms with Crippen LogP contribution in [0.2, 0.25) is 0 Å². The van der Waals surface area contributed by atoms with Crippen LogP contribution in [-0.4, -0.2) is 19.1 Å². The van der Waals surface area contributed by atoms with Crippen molar-refractivity contribution >= 4 is 11.6 Å². The van der Waals surface area contributed by atoms with Crippen LogP contribution in [0, 0.1) is 0 Å². The summed E-state index contributed by atoms with van der Waals surface area (Å²) in [5.74, 6) is 5.49. The molecule has 0 aliphatic heterocycles. The van der Waals surface area contributed by atoms with Crippen molar-refractivity contribution in [3.8, 4) is 5.75 Å². The molecule has 0 saturated carbocycles. The summed E-state index contributed by atoms with van der Waals surface area (Å²) >= 11 is 0. The maximum atomic E-state index is 10.8. The van der Waals surface area contributed by atoms with Gasteiger partial charge < -0.3 is 10.1 Å². The molecule has 0 fully saturated rings. The van der Waals surface area contributed by atoms with Gasteiger partial charge in [0.25, 0.3) is 5.91 Å². The molecule has 0 aliphatic carbocycles. The van der Waals surface area contributed by atoms with E-state index in [0.717, 1.165) is 11.4 Å². The zero-order valence-corrected chi connectivity index (χ0v) is 8.62. The number of nitrogens with two attached hydrogens (primary N) is 1. The first-order valence-corrected chi connectivity index (χ1v) is 4.72. The van der Waals surface area contributed by atoms with Crippen LogP contribution in [0.1, 0.15) is 6.92 Å². The van der Waals surface area contributed by atoms with Crippen molar-refractivity contribution in [2.24, 2.45) is 5.84 Å². The summed E-state index contributed by atoms with van der Waals surface area (Å²) in [6.07, 6.45) is 0. The number of carbonyl (C=O) groups excluding carboxylic acids is 1. The van der Waals surface area contributed by atoms with E-state index in [1.807, 2.05) is 36.6 Å². The average Bonchev–Trinajstić information content (AvgIpc) is 2.28. The molecular formula is C10H15N3O2. The lowest BCUT2D eigenvalue weighted by Gasteiger charge is -2.06. The molecular weight excluding hydrogens is 194 g/mol. The minimum Gasteiger partial charge on any atom is -0.494 e. The minimum absolute atomic E-state index is 0.157. The van der Waals surface area contributed by atoms with Crippen molar-refractivity contribution in [3.05, 3.63) is 24.3 Å². The van der Waals surface area contributed by atoms with E-state index in [0.29, 0.717) is 6.61 Å². The number of amides is 1. The number of carbonyl (C=O) groups is 1. The van der Waals surface area contributed by atoms with Gasteiger partial charge in [0.1, 0.15) is 5.75 Å². The highest BCUT2D eigenvalue weighted by molar-refractivity contribution is 5.80. The van der Waals surface area contributed by atoms with Crippen molar-refractivity contribution in [3.63, 3.8) is 0 Å². The van der Waals surface area contributed by atoms with Gasteiger partial charge in [0.2, 0.25) is 0 Å².